The molecule has 1 unspecified atom stereocenters. The number of carbonyl (C=O) groups is 1. The Morgan fingerprint density at radius 1 is 0.949 bits per heavy atom. The first-order chi connectivity index (χ1) is 27.5. The number of nitrogens with one attached hydrogen (secondary N) is 2. The minimum atomic E-state index is -3.53. The lowest BCUT2D eigenvalue weighted by molar-refractivity contribution is -0.118. The van der Waals surface area contributed by atoms with Crippen LogP contribution in [0.3, 0.4) is 0 Å². The molecule has 6 rings (SSSR count). The summed E-state index contributed by atoms with van der Waals surface area (Å²) in [5, 5.41) is 1.17. The fraction of sp³-hybridized carbons (Fsp3) is 0.415. The smallest absolute Gasteiger partial charge is 0.317 e. The van der Waals surface area contributed by atoms with Crippen LogP contribution in [0.1, 0.15) is 56.7 Å². The van der Waals surface area contributed by atoms with Gasteiger partial charge in [-0.3, -0.25) is 29.0 Å². The van der Waals surface area contributed by atoms with Gasteiger partial charge in [-0.25, -0.2) is 4.98 Å². The number of aromatic amines is 1. The molecule has 15 nitrogen and oxygen atoms in total. The monoisotopic (exact) mass is 866 g/mol. The molecular weight excluding hydrogens is 812 g/mol. The second-order valence-electron chi connectivity index (χ2n) is 16.0. The van der Waals surface area contributed by atoms with E-state index in [9.17, 15) is 19.0 Å². The van der Waals surface area contributed by atoms with E-state index in [0.29, 0.717) is 11.5 Å². The van der Waals surface area contributed by atoms with Crippen LogP contribution in [0.5, 0.6) is 11.5 Å². The van der Waals surface area contributed by atoms with Crippen molar-refractivity contribution in [3.63, 3.8) is 0 Å². The first-order valence-corrected chi connectivity index (χ1v) is 24.1. The third kappa shape index (κ3) is 9.52. The highest BCUT2D eigenvalue weighted by atomic mass is 32.2. The SMILES string of the molecule is COc1ccc(C(OC[C@H]2S[C@@H](n3cnc4c(=O)[nH]c(NC(=O)C(C)C)nc43)[C@H](O[PH](=O)O)[C@@H]2O[Si](C)(C)C(C)(C)C)(c2ccccc2)c2ccc(OC)cc2)cc1.N. The Balaban J connectivity index is 0.00000661. The number of aromatic nitrogens is 4. The van der Waals surface area contributed by atoms with Crippen LogP contribution in [0.25, 0.3) is 11.2 Å². The number of ether oxygens (including phenoxy) is 3. The average molecular weight is 867 g/mol. The number of rotatable bonds is 15. The molecule has 0 bridgehead atoms. The summed E-state index contributed by atoms with van der Waals surface area (Å²) < 4.78 is 45.9. The minimum Gasteiger partial charge on any atom is -0.497 e. The van der Waals surface area contributed by atoms with Crippen molar-refractivity contribution >= 4 is 51.4 Å². The van der Waals surface area contributed by atoms with Crippen LogP contribution < -0.4 is 26.5 Å². The van der Waals surface area contributed by atoms with Gasteiger partial charge in [0.15, 0.2) is 19.5 Å². The molecule has 18 heteroatoms. The lowest BCUT2D eigenvalue weighted by Gasteiger charge is -2.42. The van der Waals surface area contributed by atoms with Gasteiger partial charge in [-0.2, -0.15) is 4.98 Å². The first-order valence-electron chi connectivity index (χ1n) is 19.0. The van der Waals surface area contributed by atoms with Crippen LogP contribution in [0.2, 0.25) is 18.1 Å². The van der Waals surface area contributed by atoms with E-state index in [1.807, 2.05) is 78.9 Å². The molecule has 0 spiro atoms. The second kappa shape index (κ2) is 18.5. The number of hydrogen-bond donors (Lipinski definition) is 4. The zero-order valence-electron chi connectivity index (χ0n) is 34.8. The van der Waals surface area contributed by atoms with Gasteiger partial charge in [0.05, 0.1) is 38.5 Å². The van der Waals surface area contributed by atoms with Gasteiger partial charge in [0.1, 0.15) is 28.6 Å². The zero-order chi connectivity index (χ0) is 42.0. The lowest BCUT2D eigenvalue weighted by atomic mass is 9.80. The molecule has 0 aliphatic carbocycles. The van der Waals surface area contributed by atoms with Gasteiger partial charge in [0, 0.05) is 5.92 Å². The molecule has 6 N–H and O–H groups in total. The van der Waals surface area contributed by atoms with Crippen LogP contribution in [0, 0.1) is 5.92 Å². The number of amides is 1. The summed E-state index contributed by atoms with van der Waals surface area (Å²) in [4.78, 5) is 47.9. The predicted octanol–water partition coefficient (Wildman–Crippen LogP) is 7.67. The summed E-state index contributed by atoms with van der Waals surface area (Å²) in [6, 6.07) is 25.4. The van der Waals surface area contributed by atoms with Crippen LogP contribution in [0.15, 0.2) is 90.0 Å². The second-order valence-corrected chi connectivity index (χ2v) is 22.8. The van der Waals surface area contributed by atoms with Crippen LogP contribution in [-0.4, -0.2) is 76.9 Å². The van der Waals surface area contributed by atoms with E-state index in [1.54, 1.807) is 32.6 Å². The molecule has 0 saturated carbocycles. The molecule has 59 heavy (non-hydrogen) atoms. The fourth-order valence-corrected chi connectivity index (χ4v) is 10.2. The molecule has 1 saturated heterocycles. The van der Waals surface area contributed by atoms with Crippen LogP contribution in [0.4, 0.5) is 5.95 Å². The number of hydrogen-bond acceptors (Lipinski definition) is 12. The molecule has 5 aromatic rings. The van der Waals surface area contributed by atoms with Crippen molar-refractivity contribution in [2.45, 2.75) is 81.2 Å². The molecule has 2 aromatic heterocycles. The number of H-pyrrole nitrogens is 1. The Bertz CT molecular complexity index is 2240. The van der Waals surface area contributed by atoms with E-state index >= 15 is 0 Å². The van der Waals surface area contributed by atoms with Gasteiger partial charge in [0.25, 0.3) is 5.56 Å². The highest BCUT2D eigenvalue weighted by molar-refractivity contribution is 8.00. The molecular formula is C41H55N6O9PSSi. The summed E-state index contributed by atoms with van der Waals surface area (Å²) in [7, 11) is -2.90. The summed E-state index contributed by atoms with van der Waals surface area (Å²) >= 11 is 1.42. The average Bonchev–Trinajstić information content (AvgIpc) is 3.76. The van der Waals surface area contributed by atoms with Gasteiger partial charge in [-0.1, -0.05) is 89.2 Å². The van der Waals surface area contributed by atoms with Crippen molar-refractivity contribution in [3.05, 3.63) is 112 Å². The van der Waals surface area contributed by atoms with Gasteiger partial charge in [-0.15, -0.1) is 11.8 Å². The molecule has 5 atom stereocenters. The van der Waals surface area contributed by atoms with Gasteiger partial charge in [-0.05, 0) is 59.1 Å². The summed E-state index contributed by atoms with van der Waals surface area (Å²) in [6.45, 7) is 14.1. The van der Waals surface area contributed by atoms with Crippen LogP contribution in [-0.2, 0) is 28.6 Å². The number of imidazole rings is 1. The number of carbonyl (C=O) groups excluding carboxylic acids is 1. The van der Waals surface area contributed by atoms with Crippen molar-refractivity contribution in [2.75, 3.05) is 26.1 Å². The molecule has 1 amide bonds. The predicted molar refractivity (Wildman–Crippen MR) is 233 cm³/mol. The van der Waals surface area contributed by atoms with E-state index < -0.39 is 50.6 Å². The molecule has 318 valence electrons. The highest BCUT2D eigenvalue weighted by Crippen LogP contribution is 2.52. The quantitative estimate of drug-likeness (QED) is 0.0453. The molecule has 3 heterocycles. The Kier molecular flexibility index (Phi) is 14.4. The number of nitrogens with zero attached hydrogens (tertiary/aromatic N) is 3. The molecule has 1 aliphatic rings. The third-order valence-corrected chi connectivity index (χ3v) is 17.3. The Morgan fingerprint density at radius 2 is 1.51 bits per heavy atom. The van der Waals surface area contributed by atoms with Crippen molar-refractivity contribution in [1.29, 1.82) is 0 Å². The van der Waals surface area contributed by atoms with Gasteiger partial charge in [0.2, 0.25) is 11.9 Å². The first kappa shape index (κ1) is 45.8. The van der Waals surface area contributed by atoms with Crippen molar-refractivity contribution in [3.8, 4) is 11.5 Å². The highest BCUT2D eigenvalue weighted by Gasteiger charge is 2.53. The Morgan fingerprint density at radius 3 is 2.02 bits per heavy atom. The van der Waals surface area contributed by atoms with E-state index in [-0.39, 0.29) is 46.7 Å². The topological polar surface area (TPSA) is 211 Å². The number of thioether (sulfide) groups is 1. The molecule has 3 aromatic carbocycles. The maximum absolute atomic E-state index is 13.3. The Labute approximate surface area is 350 Å². The molecule has 1 aliphatic heterocycles. The lowest BCUT2D eigenvalue weighted by Crippen LogP contribution is -2.50. The number of anilines is 1. The molecule has 1 fully saturated rings. The van der Waals surface area contributed by atoms with E-state index in [0.717, 1.165) is 16.7 Å². The number of methoxy groups -OCH3 is 2. The third-order valence-electron chi connectivity index (χ3n) is 10.9. The van der Waals surface area contributed by atoms with Crippen LogP contribution >= 0.6 is 20.0 Å². The zero-order valence-corrected chi connectivity index (χ0v) is 37.7. The molecule has 0 radical (unpaired) electrons. The standard InChI is InChI=1S/C41H52N5O9PSSi.H3N/c1-25(2)36(47)44-39-43-35-32(37(48)45-39)42-24-46(35)38-34(54-56(49)50)33(55-58(8,9)40(3,4)5)31(57-38)23-53-41(26-13-11-10-12-14-26,27-15-19-29(51-6)20-16-27)28-17-21-30(52-7)22-18-28;/h10-22,24-25,31,33-34,38,56H,23H2,1-9H3,(H,49,50)(H2,43,44,45,47,48);1H3/t31-,33-,34-,38-;/m1./s1. The minimum absolute atomic E-state index is 0. The van der Waals surface area contributed by atoms with Crippen molar-refractivity contribution in [1.82, 2.24) is 25.7 Å². The fourth-order valence-electron chi connectivity index (χ4n) is 6.68. The number of benzene rings is 3. The summed E-state index contributed by atoms with van der Waals surface area (Å²) in [5.74, 6) is 0.616. The summed E-state index contributed by atoms with van der Waals surface area (Å²) in [6.07, 6.45) is -0.319. The maximum atomic E-state index is 13.3. The number of fused-ring (bicyclic) bond motifs is 1. The van der Waals surface area contributed by atoms with E-state index in [2.05, 4.69) is 54.1 Å². The van der Waals surface area contributed by atoms with E-state index in [4.69, 9.17) is 23.2 Å². The van der Waals surface area contributed by atoms with E-state index in [1.165, 1.54) is 18.1 Å². The maximum Gasteiger partial charge on any atom is 0.317 e. The van der Waals surface area contributed by atoms with Gasteiger partial charge >= 0.3 is 8.25 Å². The Hall–Kier alpha value is -4.32. The normalized spacial score (nSPS) is 19.0. The van der Waals surface area contributed by atoms with Crippen molar-refractivity contribution in [2.24, 2.45) is 5.92 Å². The van der Waals surface area contributed by atoms with Crippen molar-refractivity contribution < 1.29 is 37.4 Å². The summed E-state index contributed by atoms with van der Waals surface area (Å²) in [5.41, 5.74) is 0.996. The largest absolute Gasteiger partial charge is 0.497 e. The van der Waals surface area contributed by atoms with Gasteiger partial charge < -0.3 is 34.2 Å².